The highest BCUT2D eigenvalue weighted by molar-refractivity contribution is 7.20. The lowest BCUT2D eigenvalue weighted by Crippen LogP contribution is -2.14. The number of benzene rings is 2. The molecule has 1 aliphatic rings. The standard InChI is InChI=1S/C26H22ClFN4O2S/c1-32(2)12-19-21(33)8-7-18-23-25(29-14-30-26(23)35-24(18)19)31-17-6-9-22(20(27)11-17)34-13-15-4-3-5-16(28)10-15/h3-6,9-12,14H,7-8,13H2,1-2H3,(H,29,30,31)/b19-12-. The van der Waals surface area contributed by atoms with E-state index >= 15 is 0 Å². The minimum absolute atomic E-state index is 0.140. The van der Waals surface area contributed by atoms with Gasteiger partial charge in [0, 0.05) is 37.3 Å². The Kier molecular flexibility index (Phi) is 6.40. The van der Waals surface area contributed by atoms with Gasteiger partial charge in [0.2, 0.25) is 0 Å². The molecular formula is C26H22ClFN4O2S. The molecule has 35 heavy (non-hydrogen) atoms. The number of aryl methyl sites for hydroxylation is 1. The lowest BCUT2D eigenvalue weighted by molar-refractivity contribution is -0.113. The quantitative estimate of drug-likeness (QED) is 0.312. The number of carbonyl (C=O) groups is 1. The Morgan fingerprint density at radius 1 is 1.20 bits per heavy atom. The normalized spacial score (nSPS) is 14.3. The number of ether oxygens (including phenoxy) is 1. The molecule has 4 aromatic rings. The SMILES string of the molecule is CN(C)/C=C1/C(=O)CCc2c1sc1ncnc(Nc3ccc(OCc4cccc(F)c4)c(Cl)c3)c21. The number of halogens is 2. The second-order valence-electron chi connectivity index (χ2n) is 8.43. The van der Waals surface area contributed by atoms with Gasteiger partial charge in [0.1, 0.15) is 35.1 Å². The summed E-state index contributed by atoms with van der Waals surface area (Å²) >= 11 is 7.98. The van der Waals surface area contributed by atoms with Crippen molar-refractivity contribution in [2.45, 2.75) is 19.4 Å². The molecule has 6 nitrogen and oxygen atoms in total. The van der Waals surface area contributed by atoms with E-state index in [1.54, 1.807) is 24.3 Å². The molecule has 0 saturated heterocycles. The van der Waals surface area contributed by atoms with Crippen LogP contribution in [0.4, 0.5) is 15.9 Å². The minimum Gasteiger partial charge on any atom is -0.487 e. The summed E-state index contributed by atoms with van der Waals surface area (Å²) in [7, 11) is 3.81. The van der Waals surface area contributed by atoms with E-state index in [0.29, 0.717) is 35.0 Å². The minimum atomic E-state index is -0.308. The highest BCUT2D eigenvalue weighted by Crippen LogP contribution is 2.42. The fourth-order valence-corrected chi connectivity index (χ4v) is 5.50. The number of nitrogens with zero attached hydrogens (tertiary/aromatic N) is 3. The highest BCUT2D eigenvalue weighted by Gasteiger charge is 2.28. The molecule has 2 heterocycles. The number of anilines is 2. The van der Waals surface area contributed by atoms with Gasteiger partial charge < -0.3 is 15.0 Å². The number of Topliss-reactive ketones (excluding diaryl/α,β-unsaturated/α-hetero) is 1. The van der Waals surface area contributed by atoms with E-state index in [0.717, 1.165) is 31.9 Å². The zero-order chi connectivity index (χ0) is 24.5. The van der Waals surface area contributed by atoms with Gasteiger partial charge >= 0.3 is 0 Å². The number of rotatable bonds is 6. The van der Waals surface area contributed by atoms with Gasteiger partial charge in [-0.15, -0.1) is 11.3 Å². The van der Waals surface area contributed by atoms with E-state index < -0.39 is 0 Å². The predicted octanol–water partition coefficient (Wildman–Crippen LogP) is 6.22. The van der Waals surface area contributed by atoms with Crippen molar-refractivity contribution in [2.75, 3.05) is 19.4 Å². The van der Waals surface area contributed by atoms with Gasteiger partial charge in [0.15, 0.2) is 5.78 Å². The molecule has 0 spiro atoms. The Morgan fingerprint density at radius 2 is 2.06 bits per heavy atom. The average molecular weight is 509 g/mol. The first-order valence-electron chi connectivity index (χ1n) is 11.0. The fourth-order valence-electron chi connectivity index (χ4n) is 4.05. The van der Waals surface area contributed by atoms with Crippen molar-refractivity contribution in [3.63, 3.8) is 0 Å². The number of hydrogen-bond acceptors (Lipinski definition) is 7. The highest BCUT2D eigenvalue weighted by atomic mass is 35.5. The maximum absolute atomic E-state index is 13.4. The zero-order valence-corrected chi connectivity index (χ0v) is 20.7. The third-order valence-electron chi connectivity index (χ3n) is 5.60. The molecule has 0 unspecified atom stereocenters. The van der Waals surface area contributed by atoms with E-state index in [4.69, 9.17) is 16.3 Å². The Balaban J connectivity index is 1.42. The first kappa shape index (κ1) is 23.3. The van der Waals surface area contributed by atoms with E-state index in [1.165, 1.54) is 29.8 Å². The molecule has 0 bridgehead atoms. The molecule has 1 aliphatic carbocycles. The van der Waals surface area contributed by atoms with E-state index in [1.807, 2.05) is 31.3 Å². The number of nitrogens with one attached hydrogen (secondary N) is 1. The summed E-state index contributed by atoms with van der Waals surface area (Å²) in [6, 6.07) is 11.6. The molecule has 0 amide bonds. The lowest BCUT2D eigenvalue weighted by Gasteiger charge is -2.17. The first-order valence-corrected chi connectivity index (χ1v) is 12.2. The van der Waals surface area contributed by atoms with Crippen LogP contribution in [0.3, 0.4) is 0 Å². The monoisotopic (exact) mass is 508 g/mol. The number of allylic oxidation sites excluding steroid dienone is 1. The fraction of sp³-hybridized carbons (Fsp3) is 0.192. The van der Waals surface area contributed by atoms with Crippen LogP contribution in [0, 0.1) is 5.82 Å². The van der Waals surface area contributed by atoms with Crippen LogP contribution in [-0.2, 0) is 17.8 Å². The molecule has 0 saturated carbocycles. The van der Waals surface area contributed by atoms with Crippen LogP contribution in [0.25, 0.3) is 15.8 Å². The molecule has 1 N–H and O–H groups in total. The number of thiophene rings is 1. The smallest absolute Gasteiger partial charge is 0.166 e. The number of carbonyl (C=O) groups excluding carboxylic acids is 1. The molecule has 0 radical (unpaired) electrons. The zero-order valence-electron chi connectivity index (χ0n) is 19.1. The van der Waals surface area contributed by atoms with Crippen LogP contribution in [-0.4, -0.2) is 34.7 Å². The third kappa shape index (κ3) is 4.85. The van der Waals surface area contributed by atoms with Crippen LogP contribution in [0.1, 0.15) is 22.4 Å². The van der Waals surface area contributed by atoms with Crippen molar-refractivity contribution in [1.29, 1.82) is 0 Å². The van der Waals surface area contributed by atoms with Gasteiger partial charge in [0.25, 0.3) is 0 Å². The van der Waals surface area contributed by atoms with Gasteiger partial charge in [0.05, 0.1) is 16.0 Å². The topological polar surface area (TPSA) is 67.4 Å². The molecule has 0 atom stereocenters. The van der Waals surface area contributed by atoms with Crippen molar-refractivity contribution in [3.8, 4) is 5.75 Å². The van der Waals surface area contributed by atoms with Gasteiger partial charge in [-0.1, -0.05) is 23.7 Å². The second-order valence-corrected chi connectivity index (χ2v) is 9.84. The molecule has 0 fully saturated rings. The molecule has 2 aromatic heterocycles. The summed E-state index contributed by atoms with van der Waals surface area (Å²) in [5.74, 6) is 0.993. The molecule has 178 valence electrons. The van der Waals surface area contributed by atoms with Gasteiger partial charge in [-0.3, -0.25) is 4.79 Å². The van der Waals surface area contributed by atoms with Crippen LogP contribution < -0.4 is 10.1 Å². The van der Waals surface area contributed by atoms with E-state index in [9.17, 15) is 9.18 Å². The molecule has 5 rings (SSSR count). The third-order valence-corrected chi connectivity index (χ3v) is 7.07. The maximum atomic E-state index is 13.4. The van der Waals surface area contributed by atoms with Crippen LogP contribution in [0.15, 0.2) is 55.0 Å². The van der Waals surface area contributed by atoms with Crippen molar-refractivity contribution in [1.82, 2.24) is 14.9 Å². The lowest BCUT2D eigenvalue weighted by atomic mass is 9.92. The summed E-state index contributed by atoms with van der Waals surface area (Å²) in [5.41, 5.74) is 3.26. The van der Waals surface area contributed by atoms with Crippen LogP contribution in [0.5, 0.6) is 5.75 Å². The number of aromatic nitrogens is 2. The number of hydrogen-bond donors (Lipinski definition) is 1. The Bertz CT molecular complexity index is 1470. The van der Waals surface area contributed by atoms with Crippen molar-refractivity contribution in [3.05, 3.63) is 81.8 Å². The summed E-state index contributed by atoms with van der Waals surface area (Å²) in [6.07, 6.45) is 4.49. The van der Waals surface area contributed by atoms with E-state index in [2.05, 4.69) is 15.3 Å². The number of ketones is 1. The first-order chi connectivity index (χ1) is 16.9. The Hall–Kier alpha value is -3.49. The summed E-state index contributed by atoms with van der Waals surface area (Å²) in [4.78, 5) is 25.2. The molecule has 9 heteroatoms. The molecular weight excluding hydrogens is 487 g/mol. The molecule has 0 aliphatic heterocycles. The second kappa shape index (κ2) is 9.64. The Morgan fingerprint density at radius 3 is 2.83 bits per heavy atom. The van der Waals surface area contributed by atoms with Crippen molar-refractivity contribution >= 4 is 56.0 Å². The van der Waals surface area contributed by atoms with Crippen LogP contribution >= 0.6 is 22.9 Å². The summed E-state index contributed by atoms with van der Waals surface area (Å²) in [5, 5.41) is 4.70. The van der Waals surface area contributed by atoms with Crippen LogP contribution in [0.2, 0.25) is 5.02 Å². The summed E-state index contributed by atoms with van der Waals surface area (Å²) in [6.45, 7) is 0.208. The van der Waals surface area contributed by atoms with Gasteiger partial charge in [-0.2, -0.15) is 0 Å². The van der Waals surface area contributed by atoms with E-state index in [-0.39, 0.29) is 18.2 Å². The molecule has 2 aromatic carbocycles. The van der Waals surface area contributed by atoms with Gasteiger partial charge in [-0.25, -0.2) is 14.4 Å². The predicted molar refractivity (Wildman–Crippen MR) is 138 cm³/mol. The maximum Gasteiger partial charge on any atom is 0.166 e. The Labute approximate surface area is 211 Å². The largest absolute Gasteiger partial charge is 0.487 e. The summed E-state index contributed by atoms with van der Waals surface area (Å²) < 4.78 is 19.2. The number of fused-ring (bicyclic) bond motifs is 3. The average Bonchev–Trinajstić information content (AvgIpc) is 3.20. The van der Waals surface area contributed by atoms with Gasteiger partial charge in [-0.05, 0) is 47.9 Å². The van der Waals surface area contributed by atoms with Crippen molar-refractivity contribution in [2.24, 2.45) is 0 Å². The van der Waals surface area contributed by atoms with Crippen molar-refractivity contribution < 1.29 is 13.9 Å².